The second-order valence-corrected chi connectivity index (χ2v) is 9.30. The summed E-state index contributed by atoms with van der Waals surface area (Å²) in [5, 5.41) is 9.03. The molecule has 0 saturated heterocycles. The van der Waals surface area contributed by atoms with Crippen molar-refractivity contribution >= 4 is 12.1 Å². The third kappa shape index (κ3) is 9.16. The molecule has 186 valence electrons. The zero-order valence-electron chi connectivity index (χ0n) is 21.4. The number of nitrogens with zero attached hydrogens (tertiary/aromatic N) is 3. The molecule has 1 amide bonds. The van der Waals surface area contributed by atoms with E-state index in [1.54, 1.807) is 6.21 Å². The number of para-hydroxylation sites is 1. The van der Waals surface area contributed by atoms with Crippen molar-refractivity contribution in [2.45, 2.75) is 84.5 Å². The summed E-state index contributed by atoms with van der Waals surface area (Å²) in [5.41, 5.74) is 7.58. The lowest BCUT2D eigenvalue weighted by Crippen LogP contribution is -2.16. The Balaban J connectivity index is 1.48. The van der Waals surface area contributed by atoms with E-state index in [2.05, 4.69) is 48.6 Å². The predicted octanol–water partition coefficient (Wildman–Crippen LogP) is 7.61. The van der Waals surface area contributed by atoms with Crippen LogP contribution in [0.5, 0.6) is 0 Å². The van der Waals surface area contributed by atoms with Crippen LogP contribution in [0, 0.1) is 6.92 Å². The first kappa shape index (κ1) is 26.4. The second-order valence-electron chi connectivity index (χ2n) is 9.30. The molecule has 0 spiro atoms. The molecule has 0 aliphatic carbocycles. The molecule has 35 heavy (non-hydrogen) atoms. The van der Waals surface area contributed by atoms with Gasteiger partial charge in [0.05, 0.1) is 11.9 Å². The molecule has 1 aromatic heterocycles. The Labute approximate surface area is 210 Å². The largest absolute Gasteiger partial charge is 0.273 e. The first-order valence-corrected chi connectivity index (χ1v) is 13.2. The van der Waals surface area contributed by atoms with Gasteiger partial charge in [0.15, 0.2) is 0 Å². The monoisotopic (exact) mass is 472 g/mol. The molecule has 3 rings (SSSR count). The fourth-order valence-corrected chi connectivity index (χ4v) is 4.13. The van der Waals surface area contributed by atoms with Crippen molar-refractivity contribution in [3.8, 4) is 16.9 Å². The number of aryl methyl sites for hydroxylation is 1. The van der Waals surface area contributed by atoms with E-state index >= 15 is 0 Å². The maximum atomic E-state index is 12.2. The molecule has 0 fully saturated rings. The molecular weight excluding hydrogens is 432 g/mol. The number of unbranched alkanes of at least 4 members (excludes halogenated alkanes) is 9. The van der Waals surface area contributed by atoms with Crippen LogP contribution in [0.15, 0.2) is 65.9 Å². The standard InChI is InChI=1S/C30H40N4O/c1-3-4-5-6-7-8-9-10-11-15-18-29(35)32-31-23-27-24-34(28-16-13-12-14-17-28)33-30(27)26-21-19-25(2)20-22-26/h12-14,16-17,19-24H,3-11,15,18H2,1-2H3,(H,32,35). The minimum atomic E-state index is -0.0341. The normalized spacial score (nSPS) is 11.3. The van der Waals surface area contributed by atoms with Crippen LogP contribution in [-0.4, -0.2) is 21.9 Å². The molecule has 0 saturated carbocycles. The molecule has 0 bridgehead atoms. The van der Waals surface area contributed by atoms with Crippen molar-refractivity contribution in [1.29, 1.82) is 0 Å². The first-order chi connectivity index (χ1) is 17.2. The van der Waals surface area contributed by atoms with Crippen LogP contribution < -0.4 is 5.43 Å². The number of aromatic nitrogens is 2. The zero-order chi connectivity index (χ0) is 24.7. The van der Waals surface area contributed by atoms with Crippen LogP contribution in [0.4, 0.5) is 0 Å². The predicted molar refractivity (Wildman–Crippen MR) is 146 cm³/mol. The van der Waals surface area contributed by atoms with E-state index in [1.807, 2.05) is 41.2 Å². The molecular formula is C30H40N4O. The highest BCUT2D eigenvalue weighted by Crippen LogP contribution is 2.23. The van der Waals surface area contributed by atoms with Gasteiger partial charge in [0, 0.05) is 23.7 Å². The average Bonchev–Trinajstić information content (AvgIpc) is 3.30. The van der Waals surface area contributed by atoms with Crippen LogP contribution in [0.2, 0.25) is 0 Å². The third-order valence-electron chi connectivity index (χ3n) is 6.24. The lowest BCUT2D eigenvalue weighted by Gasteiger charge is -2.02. The lowest BCUT2D eigenvalue weighted by atomic mass is 10.1. The Morgan fingerprint density at radius 2 is 1.51 bits per heavy atom. The summed E-state index contributed by atoms with van der Waals surface area (Å²) in [6, 6.07) is 18.3. The summed E-state index contributed by atoms with van der Waals surface area (Å²) >= 11 is 0. The van der Waals surface area contributed by atoms with E-state index in [4.69, 9.17) is 5.10 Å². The quantitative estimate of drug-likeness (QED) is 0.141. The summed E-state index contributed by atoms with van der Waals surface area (Å²) in [6.45, 7) is 4.32. The molecule has 3 aromatic rings. The molecule has 0 unspecified atom stereocenters. The van der Waals surface area contributed by atoms with Crippen molar-refractivity contribution in [3.05, 3.63) is 71.9 Å². The SMILES string of the molecule is CCCCCCCCCCCCC(=O)NN=Cc1cn(-c2ccccc2)nc1-c1ccc(C)cc1. The van der Waals surface area contributed by atoms with Gasteiger partial charge >= 0.3 is 0 Å². The minimum Gasteiger partial charge on any atom is -0.273 e. The van der Waals surface area contributed by atoms with E-state index in [0.29, 0.717) is 6.42 Å². The number of carbonyl (C=O) groups excluding carboxylic acids is 1. The van der Waals surface area contributed by atoms with Gasteiger partial charge in [-0.15, -0.1) is 0 Å². The van der Waals surface area contributed by atoms with Gasteiger partial charge in [-0.05, 0) is 25.5 Å². The Hall–Kier alpha value is -3.21. The van der Waals surface area contributed by atoms with Gasteiger partial charge in [-0.1, -0.05) is 113 Å². The van der Waals surface area contributed by atoms with Gasteiger partial charge in [0.2, 0.25) is 5.91 Å². The summed E-state index contributed by atoms with van der Waals surface area (Å²) in [6.07, 6.45) is 16.7. The van der Waals surface area contributed by atoms with Gasteiger partial charge in [-0.2, -0.15) is 10.2 Å². The smallest absolute Gasteiger partial charge is 0.240 e. The molecule has 1 N–H and O–H groups in total. The van der Waals surface area contributed by atoms with Crippen molar-refractivity contribution < 1.29 is 4.79 Å². The van der Waals surface area contributed by atoms with Gasteiger partial charge in [-0.3, -0.25) is 4.79 Å². The molecule has 0 aliphatic rings. The topological polar surface area (TPSA) is 59.3 Å². The van der Waals surface area contributed by atoms with Crippen LogP contribution >= 0.6 is 0 Å². The number of amides is 1. The van der Waals surface area contributed by atoms with E-state index < -0.39 is 0 Å². The Kier molecular flexibility index (Phi) is 11.3. The first-order valence-electron chi connectivity index (χ1n) is 13.2. The van der Waals surface area contributed by atoms with E-state index in [1.165, 1.54) is 56.9 Å². The van der Waals surface area contributed by atoms with Gasteiger partial charge < -0.3 is 0 Å². The van der Waals surface area contributed by atoms with Crippen molar-refractivity contribution in [2.75, 3.05) is 0 Å². The summed E-state index contributed by atoms with van der Waals surface area (Å²) < 4.78 is 1.85. The maximum absolute atomic E-state index is 12.2. The van der Waals surface area contributed by atoms with Crippen molar-refractivity contribution in [2.24, 2.45) is 5.10 Å². The van der Waals surface area contributed by atoms with Crippen LogP contribution in [-0.2, 0) is 4.79 Å². The zero-order valence-corrected chi connectivity index (χ0v) is 21.4. The fraction of sp³-hybridized carbons (Fsp3) is 0.433. The Bertz CT molecular complexity index is 1040. The second kappa shape index (κ2) is 14.9. The van der Waals surface area contributed by atoms with Gasteiger partial charge in [0.25, 0.3) is 0 Å². The number of hydrogen-bond acceptors (Lipinski definition) is 3. The lowest BCUT2D eigenvalue weighted by molar-refractivity contribution is -0.121. The number of benzene rings is 2. The van der Waals surface area contributed by atoms with E-state index in [9.17, 15) is 4.79 Å². The Morgan fingerprint density at radius 1 is 0.886 bits per heavy atom. The number of carbonyl (C=O) groups is 1. The molecule has 1 heterocycles. The average molecular weight is 473 g/mol. The Morgan fingerprint density at radius 3 is 2.17 bits per heavy atom. The van der Waals surface area contributed by atoms with Crippen LogP contribution in [0.3, 0.4) is 0 Å². The maximum Gasteiger partial charge on any atom is 0.240 e. The number of hydrazone groups is 1. The number of hydrogen-bond donors (Lipinski definition) is 1. The highest BCUT2D eigenvalue weighted by molar-refractivity contribution is 5.89. The highest BCUT2D eigenvalue weighted by Gasteiger charge is 2.11. The van der Waals surface area contributed by atoms with Crippen LogP contribution in [0.25, 0.3) is 16.9 Å². The van der Waals surface area contributed by atoms with Crippen LogP contribution in [0.1, 0.15) is 88.7 Å². The van der Waals surface area contributed by atoms with E-state index in [-0.39, 0.29) is 5.91 Å². The molecule has 0 radical (unpaired) electrons. The number of nitrogens with one attached hydrogen (secondary N) is 1. The fourth-order valence-electron chi connectivity index (χ4n) is 4.13. The van der Waals surface area contributed by atoms with Gasteiger partial charge in [0.1, 0.15) is 5.69 Å². The summed E-state index contributed by atoms with van der Waals surface area (Å²) in [7, 11) is 0. The molecule has 5 heteroatoms. The highest BCUT2D eigenvalue weighted by atomic mass is 16.2. The number of rotatable bonds is 15. The van der Waals surface area contributed by atoms with Gasteiger partial charge in [-0.25, -0.2) is 10.1 Å². The molecule has 0 aliphatic heterocycles. The van der Waals surface area contributed by atoms with Crippen molar-refractivity contribution in [3.63, 3.8) is 0 Å². The summed E-state index contributed by atoms with van der Waals surface area (Å²) in [5.74, 6) is -0.0341. The third-order valence-corrected chi connectivity index (χ3v) is 6.24. The molecule has 2 aromatic carbocycles. The van der Waals surface area contributed by atoms with E-state index in [0.717, 1.165) is 35.3 Å². The minimum absolute atomic E-state index is 0.0341. The molecule has 0 atom stereocenters. The molecule has 5 nitrogen and oxygen atoms in total. The summed E-state index contributed by atoms with van der Waals surface area (Å²) in [4.78, 5) is 12.2. The van der Waals surface area contributed by atoms with Crippen molar-refractivity contribution in [1.82, 2.24) is 15.2 Å².